The molecule has 0 bridgehead atoms. The van der Waals surface area contributed by atoms with Crippen molar-refractivity contribution in [3.05, 3.63) is 21.9 Å². The van der Waals surface area contributed by atoms with Crippen LogP contribution >= 0.6 is 11.3 Å². The summed E-state index contributed by atoms with van der Waals surface area (Å²) in [6.07, 6.45) is 0.135. The van der Waals surface area contributed by atoms with E-state index in [1.807, 2.05) is 0 Å². The Balaban J connectivity index is 2.82. The average Bonchev–Trinajstić information content (AvgIpc) is 2.52. The van der Waals surface area contributed by atoms with Crippen LogP contribution in [-0.2, 0) is 11.2 Å². The molecule has 0 aromatic carbocycles. The van der Waals surface area contributed by atoms with Crippen LogP contribution in [0.4, 0.5) is 0 Å². The Labute approximate surface area is 79.2 Å². The SMILES string of the molecule is CNC(=O)Cc1sccc1C(=O)O. The van der Waals surface area contributed by atoms with Crippen LogP contribution in [-0.4, -0.2) is 24.0 Å². The van der Waals surface area contributed by atoms with Crippen molar-refractivity contribution in [3.8, 4) is 0 Å². The third kappa shape index (κ3) is 2.29. The third-order valence-electron chi connectivity index (χ3n) is 1.58. The minimum absolute atomic E-state index is 0.135. The largest absolute Gasteiger partial charge is 0.478 e. The molecule has 0 aliphatic heterocycles. The number of hydrogen-bond donors (Lipinski definition) is 2. The van der Waals surface area contributed by atoms with Gasteiger partial charge in [-0.1, -0.05) is 0 Å². The average molecular weight is 199 g/mol. The van der Waals surface area contributed by atoms with Gasteiger partial charge in [0, 0.05) is 11.9 Å². The van der Waals surface area contributed by atoms with E-state index in [9.17, 15) is 9.59 Å². The van der Waals surface area contributed by atoms with Crippen LogP contribution in [0.25, 0.3) is 0 Å². The van der Waals surface area contributed by atoms with E-state index in [4.69, 9.17) is 5.11 Å². The van der Waals surface area contributed by atoms with Crippen molar-refractivity contribution in [2.24, 2.45) is 0 Å². The van der Waals surface area contributed by atoms with E-state index in [2.05, 4.69) is 5.32 Å². The predicted octanol–water partition coefficient (Wildman–Crippen LogP) is 0.735. The maximum Gasteiger partial charge on any atom is 0.336 e. The molecule has 0 radical (unpaired) electrons. The number of thiophene rings is 1. The minimum atomic E-state index is -0.986. The van der Waals surface area contributed by atoms with E-state index < -0.39 is 5.97 Å². The van der Waals surface area contributed by atoms with E-state index in [-0.39, 0.29) is 17.9 Å². The Bertz CT molecular complexity index is 332. The fourth-order valence-electron chi connectivity index (χ4n) is 0.902. The number of carboxylic acid groups (broad SMARTS) is 1. The molecule has 0 saturated heterocycles. The molecule has 1 aromatic rings. The summed E-state index contributed by atoms with van der Waals surface area (Å²) < 4.78 is 0. The van der Waals surface area contributed by atoms with Crippen LogP contribution in [0.2, 0.25) is 0 Å². The van der Waals surface area contributed by atoms with Crippen molar-refractivity contribution in [2.75, 3.05) is 7.05 Å². The highest BCUT2D eigenvalue weighted by atomic mass is 32.1. The highest BCUT2D eigenvalue weighted by Crippen LogP contribution is 2.17. The van der Waals surface area contributed by atoms with Gasteiger partial charge in [0.2, 0.25) is 5.91 Å². The van der Waals surface area contributed by atoms with Crippen molar-refractivity contribution in [3.63, 3.8) is 0 Å². The Morgan fingerprint density at radius 1 is 1.62 bits per heavy atom. The Kier molecular flexibility index (Phi) is 3.02. The van der Waals surface area contributed by atoms with Gasteiger partial charge in [-0.15, -0.1) is 11.3 Å². The summed E-state index contributed by atoms with van der Waals surface area (Å²) in [4.78, 5) is 22.2. The zero-order valence-corrected chi connectivity index (χ0v) is 7.85. The molecule has 0 spiro atoms. The van der Waals surface area contributed by atoms with Crippen LogP contribution in [0, 0.1) is 0 Å². The van der Waals surface area contributed by atoms with Crippen LogP contribution < -0.4 is 5.32 Å². The number of aromatic carboxylic acids is 1. The normalized spacial score (nSPS) is 9.62. The number of hydrogen-bond acceptors (Lipinski definition) is 3. The van der Waals surface area contributed by atoms with Gasteiger partial charge in [-0.05, 0) is 11.4 Å². The first-order chi connectivity index (χ1) is 6.15. The molecule has 4 nitrogen and oxygen atoms in total. The summed E-state index contributed by atoms with van der Waals surface area (Å²) in [6, 6.07) is 1.51. The molecule has 0 unspecified atom stereocenters. The summed E-state index contributed by atoms with van der Waals surface area (Å²) >= 11 is 1.28. The lowest BCUT2D eigenvalue weighted by molar-refractivity contribution is -0.119. The van der Waals surface area contributed by atoms with Gasteiger partial charge >= 0.3 is 5.97 Å². The summed E-state index contributed by atoms with van der Waals surface area (Å²) in [5.74, 6) is -1.16. The third-order valence-corrected chi connectivity index (χ3v) is 2.50. The second-order valence-electron chi connectivity index (χ2n) is 2.41. The molecular weight excluding hydrogens is 190 g/mol. The topological polar surface area (TPSA) is 66.4 Å². The van der Waals surface area contributed by atoms with E-state index in [1.54, 1.807) is 5.38 Å². The smallest absolute Gasteiger partial charge is 0.336 e. The maximum atomic E-state index is 11.0. The zero-order chi connectivity index (χ0) is 9.84. The zero-order valence-electron chi connectivity index (χ0n) is 7.03. The highest BCUT2D eigenvalue weighted by molar-refractivity contribution is 7.10. The standard InChI is InChI=1S/C8H9NO3S/c1-9-7(10)4-6-5(8(11)12)2-3-13-6/h2-3H,4H2,1H3,(H,9,10)(H,11,12). The van der Waals surface area contributed by atoms with Gasteiger partial charge in [0.1, 0.15) is 0 Å². The van der Waals surface area contributed by atoms with Crippen LogP contribution in [0.1, 0.15) is 15.2 Å². The highest BCUT2D eigenvalue weighted by Gasteiger charge is 2.13. The van der Waals surface area contributed by atoms with Gasteiger partial charge < -0.3 is 10.4 Å². The fraction of sp³-hybridized carbons (Fsp3) is 0.250. The second-order valence-corrected chi connectivity index (χ2v) is 3.41. The molecule has 0 aliphatic carbocycles. The molecule has 13 heavy (non-hydrogen) atoms. The van der Waals surface area contributed by atoms with Crippen molar-refractivity contribution >= 4 is 23.2 Å². The van der Waals surface area contributed by atoms with Gasteiger partial charge in [0.05, 0.1) is 12.0 Å². The molecule has 5 heteroatoms. The molecule has 0 saturated carbocycles. The Morgan fingerprint density at radius 3 is 2.85 bits per heavy atom. The van der Waals surface area contributed by atoms with Crippen LogP contribution in [0.3, 0.4) is 0 Å². The number of rotatable bonds is 3. The summed E-state index contributed by atoms with van der Waals surface area (Å²) in [7, 11) is 1.52. The molecule has 1 rings (SSSR count). The minimum Gasteiger partial charge on any atom is -0.478 e. The predicted molar refractivity (Wildman–Crippen MR) is 49.0 cm³/mol. The molecular formula is C8H9NO3S. The van der Waals surface area contributed by atoms with E-state index in [0.717, 1.165) is 0 Å². The molecule has 2 N–H and O–H groups in total. The number of likely N-dealkylation sites (N-methyl/N-ethyl adjacent to an activating group) is 1. The monoisotopic (exact) mass is 199 g/mol. The molecule has 0 atom stereocenters. The van der Waals surface area contributed by atoms with E-state index in [0.29, 0.717) is 4.88 Å². The first kappa shape index (κ1) is 9.73. The lowest BCUT2D eigenvalue weighted by atomic mass is 10.2. The van der Waals surface area contributed by atoms with Gasteiger partial charge in [-0.25, -0.2) is 4.79 Å². The van der Waals surface area contributed by atoms with E-state index >= 15 is 0 Å². The summed E-state index contributed by atoms with van der Waals surface area (Å²) in [5.41, 5.74) is 0.216. The van der Waals surface area contributed by atoms with E-state index in [1.165, 1.54) is 24.5 Å². The number of carbonyl (C=O) groups is 2. The fourth-order valence-corrected chi connectivity index (χ4v) is 1.77. The lowest BCUT2D eigenvalue weighted by Crippen LogP contribution is -2.20. The van der Waals surface area contributed by atoms with Crippen LogP contribution in [0.5, 0.6) is 0 Å². The number of carbonyl (C=O) groups excluding carboxylic acids is 1. The molecule has 70 valence electrons. The Hall–Kier alpha value is -1.36. The quantitative estimate of drug-likeness (QED) is 0.754. The van der Waals surface area contributed by atoms with Gasteiger partial charge in [-0.3, -0.25) is 4.79 Å². The van der Waals surface area contributed by atoms with Crippen molar-refractivity contribution < 1.29 is 14.7 Å². The molecule has 0 fully saturated rings. The lowest BCUT2D eigenvalue weighted by Gasteiger charge is -1.98. The first-order valence-electron chi connectivity index (χ1n) is 3.65. The molecule has 0 aliphatic rings. The molecule has 1 aromatic heterocycles. The first-order valence-corrected chi connectivity index (χ1v) is 4.53. The van der Waals surface area contributed by atoms with Gasteiger partial charge in [-0.2, -0.15) is 0 Å². The maximum absolute atomic E-state index is 11.0. The molecule has 1 heterocycles. The summed E-state index contributed by atoms with van der Waals surface area (Å²) in [5, 5.41) is 12.8. The van der Waals surface area contributed by atoms with Crippen LogP contribution in [0.15, 0.2) is 11.4 Å². The Morgan fingerprint density at radius 2 is 2.31 bits per heavy atom. The molecule has 1 amide bonds. The van der Waals surface area contributed by atoms with Gasteiger partial charge in [0.15, 0.2) is 0 Å². The van der Waals surface area contributed by atoms with Crippen molar-refractivity contribution in [1.82, 2.24) is 5.32 Å². The number of carboxylic acids is 1. The second kappa shape index (κ2) is 4.04. The van der Waals surface area contributed by atoms with Gasteiger partial charge in [0.25, 0.3) is 0 Å². The number of amides is 1. The summed E-state index contributed by atoms with van der Waals surface area (Å²) in [6.45, 7) is 0. The number of nitrogens with one attached hydrogen (secondary N) is 1. The van der Waals surface area contributed by atoms with Crippen molar-refractivity contribution in [2.45, 2.75) is 6.42 Å². The van der Waals surface area contributed by atoms with Crippen molar-refractivity contribution in [1.29, 1.82) is 0 Å².